The average Bonchev–Trinajstić information content (AvgIpc) is 2.16. The molecule has 0 aliphatic carbocycles. The summed E-state index contributed by atoms with van der Waals surface area (Å²) in [7, 11) is 0. The van der Waals surface area contributed by atoms with Gasteiger partial charge in [-0.15, -0.1) is 0 Å². The first kappa shape index (κ1) is 11.0. The standard InChI is InChI=1S/C10H20O3/c1-2-12-8-9(11)7-10-5-3-4-6-13-10/h9-11H,2-8H2,1H3. The summed E-state index contributed by atoms with van der Waals surface area (Å²) < 4.78 is 10.6. The van der Waals surface area contributed by atoms with Gasteiger partial charge in [0, 0.05) is 19.6 Å². The van der Waals surface area contributed by atoms with E-state index in [-0.39, 0.29) is 12.2 Å². The minimum atomic E-state index is -0.358. The van der Waals surface area contributed by atoms with Crippen LogP contribution in [0.15, 0.2) is 0 Å². The van der Waals surface area contributed by atoms with Crippen molar-refractivity contribution < 1.29 is 14.6 Å². The fourth-order valence-electron chi connectivity index (χ4n) is 1.62. The van der Waals surface area contributed by atoms with E-state index in [2.05, 4.69) is 0 Å². The van der Waals surface area contributed by atoms with Crippen molar-refractivity contribution in [2.45, 2.75) is 44.8 Å². The molecule has 1 fully saturated rings. The van der Waals surface area contributed by atoms with Gasteiger partial charge in [0.1, 0.15) is 0 Å². The van der Waals surface area contributed by atoms with E-state index in [1.165, 1.54) is 6.42 Å². The minimum absolute atomic E-state index is 0.254. The third-order valence-electron chi connectivity index (χ3n) is 2.32. The van der Waals surface area contributed by atoms with Gasteiger partial charge in [-0.25, -0.2) is 0 Å². The third kappa shape index (κ3) is 4.60. The van der Waals surface area contributed by atoms with Crippen molar-refractivity contribution in [2.75, 3.05) is 19.8 Å². The van der Waals surface area contributed by atoms with Crippen molar-refractivity contribution in [3.8, 4) is 0 Å². The Labute approximate surface area is 80.0 Å². The van der Waals surface area contributed by atoms with E-state index in [0.717, 1.165) is 25.9 Å². The van der Waals surface area contributed by atoms with Crippen LogP contribution in [0.3, 0.4) is 0 Å². The van der Waals surface area contributed by atoms with Crippen LogP contribution in [0.25, 0.3) is 0 Å². The molecule has 0 saturated carbocycles. The number of aliphatic hydroxyl groups is 1. The maximum atomic E-state index is 9.53. The summed E-state index contributed by atoms with van der Waals surface area (Å²) in [6.45, 7) is 3.90. The van der Waals surface area contributed by atoms with E-state index in [9.17, 15) is 5.11 Å². The molecule has 0 aromatic rings. The molecular formula is C10H20O3. The molecule has 0 bridgehead atoms. The highest BCUT2D eigenvalue weighted by Crippen LogP contribution is 2.17. The lowest BCUT2D eigenvalue weighted by molar-refractivity contribution is -0.0356. The first-order valence-electron chi connectivity index (χ1n) is 5.20. The van der Waals surface area contributed by atoms with E-state index in [1.54, 1.807) is 0 Å². The molecule has 0 spiro atoms. The van der Waals surface area contributed by atoms with Crippen LogP contribution in [-0.4, -0.2) is 37.1 Å². The van der Waals surface area contributed by atoms with Gasteiger partial charge in [0.2, 0.25) is 0 Å². The normalized spacial score (nSPS) is 25.8. The van der Waals surface area contributed by atoms with Gasteiger partial charge in [-0.2, -0.15) is 0 Å². The zero-order valence-corrected chi connectivity index (χ0v) is 8.37. The van der Waals surface area contributed by atoms with Crippen LogP contribution in [-0.2, 0) is 9.47 Å². The summed E-state index contributed by atoms with van der Waals surface area (Å²) in [5.41, 5.74) is 0. The second kappa shape index (κ2) is 6.35. The number of rotatable bonds is 5. The van der Waals surface area contributed by atoms with Crippen molar-refractivity contribution in [1.29, 1.82) is 0 Å². The molecule has 0 amide bonds. The summed E-state index contributed by atoms with van der Waals surface area (Å²) in [5, 5.41) is 9.53. The molecule has 2 atom stereocenters. The van der Waals surface area contributed by atoms with Crippen LogP contribution < -0.4 is 0 Å². The van der Waals surface area contributed by atoms with Crippen LogP contribution in [0, 0.1) is 0 Å². The van der Waals surface area contributed by atoms with Gasteiger partial charge in [-0.1, -0.05) is 0 Å². The maximum absolute atomic E-state index is 9.53. The van der Waals surface area contributed by atoms with Gasteiger partial charge in [0.05, 0.1) is 18.8 Å². The Morgan fingerprint density at radius 2 is 2.38 bits per heavy atom. The summed E-state index contributed by atoms with van der Waals surface area (Å²) in [6, 6.07) is 0. The van der Waals surface area contributed by atoms with E-state index in [1.807, 2.05) is 6.92 Å². The molecule has 1 aliphatic rings. The first-order valence-corrected chi connectivity index (χ1v) is 5.20. The number of hydrogen-bond donors (Lipinski definition) is 1. The molecule has 0 radical (unpaired) electrons. The van der Waals surface area contributed by atoms with E-state index in [4.69, 9.17) is 9.47 Å². The Morgan fingerprint density at radius 1 is 1.54 bits per heavy atom. The van der Waals surface area contributed by atoms with Crippen LogP contribution >= 0.6 is 0 Å². The van der Waals surface area contributed by atoms with Crippen molar-refractivity contribution in [2.24, 2.45) is 0 Å². The molecule has 3 heteroatoms. The summed E-state index contributed by atoms with van der Waals surface area (Å²) >= 11 is 0. The highest BCUT2D eigenvalue weighted by atomic mass is 16.5. The van der Waals surface area contributed by atoms with Gasteiger partial charge in [0.15, 0.2) is 0 Å². The molecule has 0 aromatic carbocycles. The Hall–Kier alpha value is -0.120. The fraction of sp³-hybridized carbons (Fsp3) is 1.00. The lowest BCUT2D eigenvalue weighted by Gasteiger charge is -2.24. The lowest BCUT2D eigenvalue weighted by Crippen LogP contribution is -2.27. The van der Waals surface area contributed by atoms with Gasteiger partial charge in [0.25, 0.3) is 0 Å². The molecule has 13 heavy (non-hydrogen) atoms. The molecule has 1 rings (SSSR count). The highest BCUT2D eigenvalue weighted by molar-refractivity contribution is 4.68. The van der Waals surface area contributed by atoms with Gasteiger partial charge in [-0.3, -0.25) is 0 Å². The smallest absolute Gasteiger partial charge is 0.0798 e. The molecule has 1 saturated heterocycles. The second-order valence-electron chi connectivity index (χ2n) is 3.54. The van der Waals surface area contributed by atoms with Gasteiger partial charge < -0.3 is 14.6 Å². The van der Waals surface area contributed by atoms with Crippen molar-refractivity contribution in [3.05, 3.63) is 0 Å². The van der Waals surface area contributed by atoms with Gasteiger partial charge >= 0.3 is 0 Å². The average molecular weight is 188 g/mol. The summed E-state index contributed by atoms with van der Waals surface area (Å²) in [4.78, 5) is 0. The number of ether oxygens (including phenoxy) is 2. The van der Waals surface area contributed by atoms with Crippen LogP contribution in [0.2, 0.25) is 0 Å². The molecule has 1 heterocycles. The topological polar surface area (TPSA) is 38.7 Å². The van der Waals surface area contributed by atoms with Crippen LogP contribution in [0.1, 0.15) is 32.6 Å². The molecule has 3 nitrogen and oxygen atoms in total. The first-order chi connectivity index (χ1) is 6.33. The predicted molar refractivity (Wildman–Crippen MR) is 50.7 cm³/mol. The lowest BCUT2D eigenvalue weighted by atomic mass is 10.0. The van der Waals surface area contributed by atoms with Crippen LogP contribution in [0.5, 0.6) is 0 Å². The van der Waals surface area contributed by atoms with E-state index >= 15 is 0 Å². The van der Waals surface area contributed by atoms with Crippen LogP contribution in [0.4, 0.5) is 0 Å². The fourth-order valence-corrected chi connectivity index (χ4v) is 1.62. The van der Waals surface area contributed by atoms with Crippen molar-refractivity contribution >= 4 is 0 Å². The largest absolute Gasteiger partial charge is 0.391 e. The molecule has 1 aliphatic heterocycles. The zero-order valence-electron chi connectivity index (χ0n) is 8.37. The highest BCUT2D eigenvalue weighted by Gasteiger charge is 2.17. The van der Waals surface area contributed by atoms with E-state index in [0.29, 0.717) is 13.2 Å². The van der Waals surface area contributed by atoms with Gasteiger partial charge in [-0.05, 0) is 26.2 Å². The maximum Gasteiger partial charge on any atom is 0.0798 e. The van der Waals surface area contributed by atoms with Crippen molar-refractivity contribution in [1.82, 2.24) is 0 Å². The third-order valence-corrected chi connectivity index (χ3v) is 2.32. The predicted octanol–water partition coefficient (Wildman–Crippen LogP) is 1.34. The second-order valence-corrected chi connectivity index (χ2v) is 3.54. The summed E-state index contributed by atoms with van der Waals surface area (Å²) in [5.74, 6) is 0. The number of aliphatic hydroxyl groups excluding tert-OH is 1. The molecule has 2 unspecified atom stereocenters. The Morgan fingerprint density at radius 3 is 3.00 bits per heavy atom. The molecular weight excluding hydrogens is 168 g/mol. The Balaban J connectivity index is 2.07. The Bertz CT molecular complexity index is 121. The molecule has 1 N–H and O–H groups in total. The minimum Gasteiger partial charge on any atom is -0.391 e. The zero-order chi connectivity index (χ0) is 9.52. The van der Waals surface area contributed by atoms with E-state index < -0.39 is 0 Å². The monoisotopic (exact) mass is 188 g/mol. The quantitative estimate of drug-likeness (QED) is 0.707. The van der Waals surface area contributed by atoms with Crippen molar-refractivity contribution in [3.63, 3.8) is 0 Å². The number of hydrogen-bond acceptors (Lipinski definition) is 3. The SMILES string of the molecule is CCOCC(O)CC1CCCCO1. The Kier molecular flexibility index (Phi) is 5.35. The molecule has 0 aromatic heterocycles. The summed E-state index contributed by atoms with van der Waals surface area (Å²) in [6.07, 6.45) is 4.10. The molecule has 78 valence electrons.